The van der Waals surface area contributed by atoms with E-state index in [1.165, 1.54) is 12.8 Å². The molecule has 0 saturated heterocycles. The summed E-state index contributed by atoms with van der Waals surface area (Å²) < 4.78 is 5.28. The number of para-hydroxylation sites is 1. The van der Waals surface area contributed by atoms with Crippen LogP contribution in [0.3, 0.4) is 0 Å². The fourth-order valence-electron chi connectivity index (χ4n) is 1.84. The summed E-state index contributed by atoms with van der Waals surface area (Å²) in [4.78, 5) is 8.82. The number of benzene rings is 1. The molecule has 0 bridgehead atoms. The average Bonchev–Trinajstić information content (AvgIpc) is 2.38. The number of guanidine groups is 1. The normalized spacial score (nSPS) is 16.6. The Morgan fingerprint density at radius 3 is 3.06 bits per heavy atom. The summed E-state index contributed by atoms with van der Waals surface area (Å²) in [5.41, 5.74) is 0.964. The molecule has 0 amide bonds. The number of hydrogen-bond acceptors (Lipinski definition) is 4. The second-order valence-electron chi connectivity index (χ2n) is 4.19. The van der Waals surface area contributed by atoms with Crippen molar-refractivity contribution in [3.8, 4) is 5.75 Å². The predicted octanol–water partition coefficient (Wildman–Crippen LogP) is 2.24. The van der Waals surface area contributed by atoms with E-state index in [-0.39, 0.29) is 0 Å². The van der Waals surface area contributed by atoms with Gasteiger partial charge in [-0.25, -0.2) is 4.99 Å². The topological polar surface area (TPSA) is 46.0 Å². The Morgan fingerprint density at radius 1 is 1.28 bits per heavy atom. The average molecular weight is 245 g/mol. The fraction of sp³-hybridized carbons (Fsp3) is 0.429. The zero-order valence-electron chi connectivity index (χ0n) is 10.7. The van der Waals surface area contributed by atoms with E-state index in [4.69, 9.17) is 4.74 Å². The Labute approximate surface area is 108 Å². The number of aliphatic imine (C=N–C) groups is 2. The molecule has 1 aromatic rings. The zero-order chi connectivity index (χ0) is 12.6. The van der Waals surface area contributed by atoms with Crippen molar-refractivity contribution in [2.75, 3.05) is 20.2 Å². The number of rotatable bonds is 2. The van der Waals surface area contributed by atoms with Crippen molar-refractivity contribution < 1.29 is 4.74 Å². The molecule has 18 heavy (non-hydrogen) atoms. The minimum atomic E-state index is 0.723. The van der Waals surface area contributed by atoms with Crippen LogP contribution in [-0.2, 0) is 0 Å². The summed E-state index contributed by atoms with van der Waals surface area (Å²) in [6, 6.07) is 7.82. The van der Waals surface area contributed by atoms with Crippen LogP contribution in [0.2, 0.25) is 0 Å². The van der Waals surface area contributed by atoms with E-state index >= 15 is 0 Å². The Morgan fingerprint density at radius 2 is 2.17 bits per heavy atom. The summed E-state index contributed by atoms with van der Waals surface area (Å²) in [7, 11) is 1.66. The van der Waals surface area contributed by atoms with E-state index in [9.17, 15) is 0 Å². The lowest BCUT2D eigenvalue weighted by atomic mass is 10.2. The SMILES string of the molecule is COc1ccccc1/C=N/C1=NCCCCCN1. The van der Waals surface area contributed by atoms with Gasteiger partial charge >= 0.3 is 0 Å². The maximum absolute atomic E-state index is 5.28. The van der Waals surface area contributed by atoms with Crippen LogP contribution in [0.5, 0.6) is 5.75 Å². The molecule has 4 heteroatoms. The van der Waals surface area contributed by atoms with E-state index in [0.29, 0.717) is 0 Å². The molecule has 0 atom stereocenters. The molecule has 1 aliphatic heterocycles. The molecule has 0 unspecified atom stereocenters. The molecule has 0 aromatic heterocycles. The largest absolute Gasteiger partial charge is 0.496 e. The number of nitrogens with zero attached hydrogens (tertiary/aromatic N) is 2. The Kier molecular flexibility index (Phi) is 4.76. The monoisotopic (exact) mass is 245 g/mol. The standard InChI is InChI=1S/C14H19N3O/c1-18-13-8-4-3-7-12(13)11-17-14-15-9-5-2-6-10-16-14/h3-4,7-8,11H,2,5-6,9-10H2,1H3,(H,15,16)/b17-11+. The van der Waals surface area contributed by atoms with Crippen molar-refractivity contribution >= 4 is 12.2 Å². The Hall–Kier alpha value is -1.84. The van der Waals surface area contributed by atoms with E-state index in [2.05, 4.69) is 15.3 Å². The summed E-state index contributed by atoms with van der Waals surface area (Å²) in [6.45, 7) is 1.80. The van der Waals surface area contributed by atoms with Crippen LogP contribution < -0.4 is 10.1 Å². The minimum absolute atomic E-state index is 0.723. The molecule has 96 valence electrons. The van der Waals surface area contributed by atoms with Gasteiger partial charge in [0.05, 0.1) is 7.11 Å². The first-order chi connectivity index (χ1) is 8.90. The van der Waals surface area contributed by atoms with Crippen molar-refractivity contribution in [3.63, 3.8) is 0 Å². The number of hydrogen-bond donors (Lipinski definition) is 1. The molecule has 0 fully saturated rings. The van der Waals surface area contributed by atoms with Crippen molar-refractivity contribution in [1.82, 2.24) is 5.32 Å². The molecule has 0 saturated carbocycles. The highest BCUT2D eigenvalue weighted by molar-refractivity contribution is 5.95. The second-order valence-corrected chi connectivity index (χ2v) is 4.19. The van der Waals surface area contributed by atoms with Gasteiger partial charge in [-0.05, 0) is 31.4 Å². The first-order valence-electron chi connectivity index (χ1n) is 6.35. The van der Waals surface area contributed by atoms with Gasteiger partial charge in [0, 0.05) is 24.9 Å². The first kappa shape index (κ1) is 12.6. The smallest absolute Gasteiger partial charge is 0.217 e. The molecular formula is C14H19N3O. The predicted molar refractivity (Wildman–Crippen MR) is 74.7 cm³/mol. The third-order valence-corrected chi connectivity index (χ3v) is 2.84. The fourth-order valence-corrected chi connectivity index (χ4v) is 1.84. The molecule has 2 rings (SSSR count). The quantitative estimate of drug-likeness (QED) is 0.812. The van der Waals surface area contributed by atoms with Gasteiger partial charge in [-0.3, -0.25) is 4.99 Å². The number of methoxy groups -OCH3 is 1. The number of nitrogens with one attached hydrogen (secondary N) is 1. The maximum Gasteiger partial charge on any atom is 0.217 e. The molecule has 1 N–H and O–H groups in total. The van der Waals surface area contributed by atoms with Gasteiger partial charge in [0.2, 0.25) is 5.96 Å². The van der Waals surface area contributed by atoms with Crippen LogP contribution in [0.4, 0.5) is 0 Å². The third kappa shape index (κ3) is 3.58. The van der Waals surface area contributed by atoms with Crippen LogP contribution >= 0.6 is 0 Å². The molecular weight excluding hydrogens is 226 g/mol. The van der Waals surface area contributed by atoms with Crippen LogP contribution in [0.25, 0.3) is 0 Å². The van der Waals surface area contributed by atoms with Crippen LogP contribution in [-0.4, -0.2) is 32.4 Å². The van der Waals surface area contributed by atoms with Crippen molar-refractivity contribution in [3.05, 3.63) is 29.8 Å². The molecule has 1 heterocycles. The summed E-state index contributed by atoms with van der Waals surface area (Å²) >= 11 is 0. The molecule has 0 spiro atoms. The Balaban J connectivity index is 2.09. The highest BCUT2D eigenvalue weighted by atomic mass is 16.5. The zero-order valence-corrected chi connectivity index (χ0v) is 10.7. The van der Waals surface area contributed by atoms with Crippen LogP contribution in [0.15, 0.2) is 34.3 Å². The first-order valence-corrected chi connectivity index (χ1v) is 6.35. The van der Waals surface area contributed by atoms with Crippen LogP contribution in [0.1, 0.15) is 24.8 Å². The van der Waals surface area contributed by atoms with E-state index < -0.39 is 0 Å². The van der Waals surface area contributed by atoms with Gasteiger partial charge in [-0.2, -0.15) is 0 Å². The Bertz CT molecular complexity index is 440. The van der Waals surface area contributed by atoms with Gasteiger partial charge in [0.25, 0.3) is 0 Å². The van der Waals surface area contributed by atoms with E-state index in [1.54, 1.807) is 13.3 Å². The third-order valence-electron chi connectivity index (χ3n) is 2.84. The number of ether oxygens (including phenoxy) is 1. The maximum atomic E-state index is 5.28. The minimum Gasteiger partial charge on any atom is -0.496 e. The van der Waals surface area contributed by atoms with Crippen LogP contribution in [0, 0.1) is 0 Å². The lowest BCUT2D eigenvalue weighted by molar-refractivity contribution is 0.414. The summed E-state index contributed by atoms with van der Waals surface area (Å²) in [5, 5.41) is 3.24. The van der Waals surface area contributed by atoms with Gasteiger partial charge in [0.15, 0.2) is 0 Å². The lowest BCUT2D eigenvalue weighted by Crippen LogP contribution is -2.24. The molecule has 1 aromatic carbocycles. The highest BCUT2D eigenvalue weighted by Crippen LogP contribution is 2.14. The van der Waals surface area contributed by atoms with Gasteiger partial charge < -0.3 is 10.1 Å². The van der Waals surface area contributed by atoms with Crippen molar-refractivity contribution in [1.29, 1.82) is 0 Å². The molecule has 4 nitrogen and oxygen atoms in total. The van der Waals surface area contributed by atoms with Crippen molar-refractivity contribution in [2.24, 2.45) is 9.98 Å². The molecule has 0 aliphatic carbocycles. The molecule has 0 radical (unpaired) electrons. The van der Waals surface area contributed by atoms with Gasteiger partial charge in [0.1, 0.15) is 5.75 Å². The van der Waals surface area contributed by atoms with Gasteiger partial charge in [-0.1, -0.05) is 12.1 Å². The second kappa shape index (κ2) is 6.79. The van der Waals surface area contributed by atoms with Crippen molar-refractivity contribution in [2.45, 2.75) is 19.3 Å². The summed E-state index contributed by atoms with van der Waals surface area (Å²) in [5.74, 6) is 1.55. The molecule has 1 aliphatic rings. The van der Waals surface area contributed by atoms with E-state index in [0.717, 1.165) is 36.8 Å². The summed E-state index contributed by atoms with van der Waals surface area (Å²) in [6.07, 6.45) is 5.37. The van der Waals surface area contributed by atoms with Gasteiger partial charge in [-0.15, -0.1) is 0 Å². The highest BCUT2D eigenvalue weighted by Gasteiger charge is 2.01. The van der Waals surface area contributed by atoms with E-state index in [1.807, 2.05) is 24.3 Å². The lowest BCUT2D eigenvalue weighted by Gasteiger charge is -2.09.